The molecule has 1 N–H and O–H groups in total. The fourth-order valence-electron chi connectivity index (χ4n) is 6.60. The Bertz CT molecular complexity index is 849. The average molecular weight is 408 g/mol. The van der Waals surface area contributed by atoms with Gasteiger partial charge in [0.05, 0.1) is 11.9 Å². The van der Waals surface area contributed by atoms with Crippen LogP contribution in [0.25, 0.3) is 0 Å². The van der Waals surface area contributed by atoms with E-state index in [0.29, 0.717) is 12.0 Å². The second kappa shape index (κ2) is 7.35. The lowest BCUT2D eigenvalue weighted by Crippen LogP contribution is -2.79. The third-order valence-electron chi connectivity index (χ3n) is 7.92. The minimum absolute atomic E-state index is 0.230. The zero-order chi connectivity index (χ0) is 21.7. The van der Waals surface area contributed by atoms with Crippen LogP contribution in [0.15, 0.2) is 48.8 Å². The number of aromatic nitrogens is 1. The van der Waals surface area contributed by atoms with Gasteiger partial charge in [-0.3, -0.25) is 9.88 Å². The van der Waals surface area contributed by atoms with Gasteiger partial charge in [-0.25, -0.2) is 0 Å². The Balaban J connectivity index is 1.54. The minimum Gasteiger partial charge on any atom is -0.384 e. The number of nitrogens with zero attached hydrogens (tertiary/aromatic N) is 3. The molecule has 1 aliphatic heterocycles. The van der Waals surface area contributed by atoms with Crippen LogP contribution in [0.5, 0.6) is 0 Å². The van der Waals surface area contributed by atoms with E-state index < -0.39 is 5.60 Å². The van der Waals surface area contributed by atoms with Crippen molar-refractivity contribution in [1.82, 2.24) is 9.88 Å². The number of aliphatic hydroxyl groups is 1. The van der Waals surface area contributed by atoms with Crippen LogP contribution in [0, 0.1) is 10.8 Å². The molecule has 0 bridgehead atoms. The summed E-state index contributed by atoms with van der Waals surface area (Å²) in [6, 6.07) is 13.1. The van der Waals surface area contributed by atoms with E-state index in [4.69, 9.17) is 0 Å². The average Bonchev–Trinajstić information content (AvgIpc) is 2.73. The Kier molecular flexibility index (Phi) is 5.22. The Morgan fingerprint density at radius 1 is 0.933 bits per heavy atom. The van der Waals surface area contributed by atoms with Crippen LogP contribution in [0.1, 0.15) is 58.6 Å². The summed E-state index contributed by atoms with van der Waals surface area (Å²) in [6.45, 7) is 17.4. The van der Waals surface area contributed by atoms with Gasteiger partial charge < -0.3 is 10.0 Å². The summed E-state index contributed by atoms with van der Waals surface area (Å²) < 4.78 is 0. The maximum Gasteiger partial charge on any atom is 0.103 e. The van der Waals surface area contributed by atoms with Crippen LogP contribution >= 0.6 is 0 Å². The van der Waals surface area contributed by atoms with E-state index in [2.05, 4.69) is 86.7 Å². The van der Waals surface area contributed by atoms with Gasteiger partial charge in [-0.2, -0.15) is 0 Å². The Labute approximate surface area is 181 Å². The molecule has 2 aromatic rings. The van der Waals surface area contributed by atoms with Gasteiger partial charge in [0.2, 0.25) is 0 Å². The maximum absolute atomic E-state index is 12.1. The van der Waals surface area contributed by atoms with Gasteiger partial charge in [0, 0.05) is 49.2 Å². The van der Waals surface area contributed by atoms with Gasteiger partial charge in [-0.1, -0.05) is 65.8 Å². The molecule has 0 unspecified atom stereocenters. The monoisotopic (exact) mass is 407 g/mol. The van der Waals surface area contributed by atoms with Gasteiger partial charge in [-0.15, -0.1) is 0 Å². The Morgan fingerprint density at radius 2 is 1.53 bits per heavy atom. The van der Waals surface area contributed by atoms with Gasteiger partial charge >= 0.3 is 0 Å². The van der Waals surface area contributed by atoms with Gasteiger partial charge in [0.1, 0.15) is 5.60 Å². The van der Waals surface area contributed by atoms with Crippen molar-refractivity contribution in [1.29, 1.82) is 0 Å². The third kappa shape index (κ3) is 2.99. The molecule has 0 atom stereocenters. The molecule has 162 valence electrons. The lowest BCUT2D eigenvalue weighted by atomic mass is 9.39. The van der Waals surface area contributed by atoms with Gasteiger partial charge in [-0.05, 0) is 29.2 Å². The second-order valence-electron chi connectivity index (χ2n) is 10.6. The molecule has 1 aromatic carbocycles. The van der Waals surface area contributed by atoms with Crippen molar-refractivity contribution < 1.29 is 5.11 Å². The first-order valence-electron chi connectivity index (χ1n) is 11.3. The Morgan fingerprint density at radius 3 is 2.03 bits per heavy atom. The molecule has 4 heteroatoms. The molecule has 1 aromatic heterocycles. The molecule has 0 amide bonds. The Hall–Kier alpha value is -1.91. The molecule has 4 nitrogen and oxygen atoms in total. The lowest BCUT2D eigenvalue weighted by Gasteiger charge is -2.72. The molecule has 1 aliphatic carbocycles. The number of benzene rings is 1. The normalized spacial score (nSPS) is 28.4. The first-order chi connectivity index (χ1) is 14.1. The van der Waals surface area contributed by atoms with E-state index in [1.165, 1.54) is 11.3 Å². The maximum atomic E-state index is 12.1. The van der Waals surface area contributed by atoms with Gasteiger partial charge in [0.25, 0.3) is 0 Å². The minimum atomic E-state index is -0.847. The molecular formula is C26H37N3O. The SMILES string of the molecule is CC(C)c1ccc(C2(O)C(C)(C)C(N3CCN(c4cccnc4)CC3)C2(C)C)cc1. The first-order valence-corrected chi connectivity index (χ1v) is 11.3. The summed E-state index contributed by atoms with van der Waals surface area (Å²) in [5, 5.41) is 12.1. The lowest BCUT2D eigenvalue weighted by molar-refractivity contribution is -0.307. The summed E-state index contributed by atoms with van der Waals surface area (Å²) in [7, 11) is 0. The van der Waals surface area contributed by atoms with Crippen molar-refractivity contribution in [2.45, 2.75) is 59.1 Å². The molecule has 2 heterocycles. The molecule has 1 saturated carbocycles. The van der Waals surface area contributed by atoms with Crippen molar-refractivity contribution in [3.8, 4) is 0 Å². The predicted octanol–water partition coefficient (Wildman–Crippen LogP) is 4.65. The van der Waals surface area contributed by atoms with Crippen molar-refractivity contribution in [3.05, 3.63) is 59.9 Å². The summed E-state index contributed by atoms with van der Waals surface area (Å²) in [5.41, 5.74) is 2.26. The van der Waals surface area contributed by atoms with Crippen LogP contribution in [0.4, 0.5) is 5.69 Å². The van der Waals surface area contributed by atoms with E-state index in [-0.39, 0.29) is 10.8 Å². The molecule has 2 fully saturated rings. The summed E-state index contributed by atoms with van der Waals surface area (Å²) in [5.74, 6) is 0.500. The number of rotatable bonds is 4. The van der Waals surface area contributed by atoms with Crippen LogP contribution < -0.4 is 4.90 Å². The first kappa shape index (κ1) is 21.3. The molecule has 0 spiro atoms. The van der Waals surface area contributed by atoms with Crippen molar-refractivity contribution >= 4 is 5.69 Å². The molecule has 0 radical (unpaired) electrons. The van der Waals surface area contributed by atoms with Crippen LogP contribution in [0.2, 0.25) is 0 Å². The van der Waals surface area contributed by atoms with E-state index in [1.54, 1.807) is 0 Å². The smallest absolute Gasteiger partial charge is 0.103 e. The van der Waals surface area contributed by atoms with Gasteiger partial charge in [0.15, 0.2) is 0 Å². The van der Waals surface area contributed by atoms with Crippen molar-refractivity contribution in [2.75, 3.05) is 31.1 Å². The zero-order valence-corrected chi connectivity index (χ0v) is 19.4. The van der Waals surface area contributed by atoms with E-state index in [1.807, 2.05) is 18.5 Å². The van der Waals surface area contributed by atoms with E-state index in [0.717, 1.165) is 31.7 Å². The third-order valence-corrected chi connectivity index (χ3v) is 7.92. The topological polar surface area (TPSA) is 39.6 Å². The quantitative estimate of drug-likeness (QED) is 0.801. The molecular weight excluding hydrogens is 370 g/mol. The van der Waals surface area contributed by atoms with Crippen molar-refractivity contribution in [2.24, 2.45) is 10.8 Å². The second-order valence-corrected chi connectivity index (χ2v) is 10.6. The number of piperazine rings is 1. The van der Waals surface area contributed by atoms with E-state index >= 15 is 0 Å². The van der Waals surface area contributed by atoms with Crippen molar-refractivity contribution in [3.63, 3.8) is 0 Å². The molecule has 4 rings (SSSR count). The molecule has 30 heavy (non-hydrogen) atoms. The van der Waals surface area contributed by atoms with Crippen LogP contribution in [0.3, 0.4) is 0 Å². The zero-order valence-electron chi connectivity index (χ0n) is 19.4. The highest BCUT2D eigenvalue weighted by molar-refractivity contribution is 5.44. The fraction of sp³-hybridized carbons (Fsp3) is 0.577. The number of hydrogen-bond acceptors (Lipinski definition) is 4. The fourth-order valence-corrected chi connectivity index (χ4v) is 6.60. The number of hydrogen-bond donors (Lipinski definition) is 1. The highest BCUT2D eigenvalue weighted by Gasteiger charge is 2.73. The number of pyridine rings is 1. The molecule has 1 saturated heterocycles. The highest BCUT2D eigenvalue weighted by Crippen LogP contribution is 2.68. The highest BCUT2D eigenvalue weighted by atomic mass is 16.3. The summed E-state index contributed by atoms with van der Waals surface area (Å²) in [6.07, 6.45) is 3.78. The van der Waals surface area contributed by atoms with Crippen LogP contribution in [-0.2, 0) is 5.60 Å². The van der Waals surface area contributed by atoms with E-state index in [9.17, 15) is 5.11 Å². The molecule has 2 aliphatic rings. The number of anilines is 1. The largest absolute Gasteiger partial charge is 0.384 e. The summed E-state index contributed by atoms with van der Waals surface area (Å²) in [4.78, 5) is 9.29. The standard InChI is InChI=1S/C26H37N3O/c1-19(2)20-9-11-21(12-10-20)26(30)24(3,4)23(25(26,5)6)29-16-14-28(15-17-29)22-8-7-13-27-18-22/h7-13,18-19,23,30H,14-17H2,1-6H3. The van der Waals surface area contributed by atoms with Crippen LogP contribution in [-0.4, -0.2) is 47.2 Å². The summed E-state index contributed by atoms with van der Waals surface area (Å²) >= 11 is 0. The predicted molar refractivity (Wildman–Crippen MR) is 124 cm³/mol.